The van der Waals surface area contributed by atoms with Crippen molar-refractivity contribution in [3.8, 4) is 5.69 Å². The Morgan fingerprint density at radius 1 is 1.10 bits per heavy atom. The highest BCUT2D eigenvalue weighted by Gasteiger charge is 2.14. The molecule has 0 aliphatic carbocycles. The summed E-state index contributed by atoms with van der Waals surface area (Å²) in [5.74, 6) is -0.218. The Bertz CT molecular complexity index is 732. The quantitative estimate of drug-likeness (QED) is 0.623. The Morgan fingerprint density at radius 2 is 1.86 bits per heavy atom. The van der Waals surface area contributed by atoms with Crippen molar-refractivity contribution in [3.63, 3.8) is 0 Å². The fourth-order valence-corrected chi connectivity index (χ4v) is 2.79. The van der Waals surface area contributed by atoms with E-state index in [1.807, 2.05) is 54.2 Å². The van der Waals surface area contributed by atoms with E-state index in [1.165, 1.54) is 6.07 Å². The summed E-state index contributed by atoms with van der Waals surface area (Å²) in [5, 5.41) is 4.37. The van der Waals surface area contributed by atoms with Crippen molar-refractivity contribution in [2.45, 2.75) is 11.8 Å². The number of para-hydroxylation sites is 1. The van der Waals surface area contributed by atoms with Crippen LogP contribution in [0.15, 0.2) is 60.9 Å². The maximum atomic E-state index is 13.5. The molecule has 1 heterocycles. The predicted octanol–water partition coefficient (Wildman–Crippen LogP) is 4.80. The molecule has 0 bridgehead atoms. The summed E-state index contributed by atoms with van der Waals surface area (Å²) in [6.45, 7) is 1.89. The Kier molecular flexibility index (Phi) is 3.88. The molecule has 0 spiro atoms. The van der Waals surface area contributed by atoms with Gasteiger partial charge in [0.15, 0.2) is 0 Å². The van der Waals surface area contributed by atoms with Crippen molar-refractivity contribution in [1.29, 1.82) is 0 Å². The summed E-state index contributed by atoms with van der Waals surface area (Å²) in [5.41, 5.74) is 3.78. The van der Waals surface area contributed by atoms with Gasteiger partial charge in [0.05, 0.1) is 16.7 Å². The van der Waals surface area contributed by atoms with Crippen LogP contribution in [0, 0.1) is 12.7 Å². The average molecular weight is 345 g/mol. The first-order valence-electron chi connectivity index (χ1n) is 6.64. The molecule has 0 aliphatic rings. The molecule has 1 aromatic heterocycles. The van der Waals surface area contributed by atoms with E-state index in [0.29, 0.717) is 0 Å². The van der Waals surface area contributed by atoms with E-state index in [2.05, 4.69) is 21.0 Å². The first-order chi connectivity index (χ1) is 10.1. The highest BCUT2D eigenvalue weighted by atomic mass is 79.9. The fourth-order valence-electron chi connectivity index (χ4n) is 2.29. The Balaban J connectivity index is 1.92. The summed E-state index contributed by atoms with van der Waals surface area (Å²) in [6, 6.07) is 14.9. The molecule has 0 N–H and O–H groups in total. The molecule has 0 saturated heterocycles. The molecule has 0 aliphatic heterocycles. The van der Waals surface area contributed by atoms with Gasteiger partial charge in [-0.05, 0) is 42.3 Å². The number of benzene rings is 2. The smallest absolute Gasteiger partial charge is 0.123 e. The predicted molar refractivity (Wildman–Crippen MR) is 85.5 cm³/mol. The van der Waals surface area contributed by atoms with Gasteiger partial charge in [-0.2, -0.15) is 5.10 Å². The first-order valence-corrected chi connectivity index (χ1v) is 7.56. The molecule has 0 amide bonds. The highest BCUT2D eigenvalue weighted by molar-refractivity contribution is 9.09. The molecular weight excluding hydrogens is 331 g/mol. The number of nitrogens with zero attached hydrogens (tertiary/aromatic N) is 2. The zero-order chi connectivity index (χ0) is 14.8. The topological polar surface area (TPSA) is 17.8 Å². The minimum atomic E-state index is -0.218. The van der Waals surface area contributed by atoms with Crippen LogP contribution in [0.25, 0.3) is 5.69 Å². The summed E-state index contributed by atoms with van der Waals surface area (Å²) >= 11 is 3.63. The molecular formula is C17H14BrFN2. The lowest BCUT2D eigenvalue weighted by Crippen LogP contribution is -1.95. The van der Waals surface area contributed by atoms with E-state index in [0.717, 1.165) is 22.4 Å². The third-order valence-corrected chi connectivity index (χ3v) is 4.33. The Morgan fingerprint density at radius 3 is 2.57 bits per heavy atom. The zero-order valence-corrected chi connectivity index (χ0v) is 13.1. The molecule has 1 atom stereocenters. The van der Waals surface area contributed by atoms with Crippen molar-refractivity contribution in [1.82, 2.24) is 9.78 Å². The minimum Gasteiger partial charge on any atom is -0.241 e. The van der Waals surface area contributed by atoms with Gasteiger partial charge in [-0.1, -0.05) is 40.2 Å². The molecule has 0 radical (unpaired) electrons. The van der Waals surface area contributed by atoms with E-state index >= 15 is 0 Å². The molecule has 2 nitrogen and oxygen atoms in total. The SMILES string of the molecule is Cc1cc(F)cc(C(Br)c2cnn(-c3ccccc3)c2)c1. The minimum absolute atomic E-state index is 0.0793. The van der Waals surface area contributed by atoms with Crippen LogP contribution in [0.3, 0.4) is 0 Å². The molecule has 4 heteroatoms. The molecule has 2 aromatic carbocycles. The van der Waals surface area contributed by atoms with Crippen LogP contribution in [0.5, 0.6) is 0 Å². The van der Waals surface area contributed by atoms with Crippen LogP contribution in [-0.2, 0) is 0 Å². The summed E-state index contributed by atoms with van der Waals surface area (Å²) in [4.78, 5) is -0.0793. The van der Waals surface area contributed by atoms with Crippen LogP contribution in [0.4, 0.5) is 4.39 Å². The van der Waals surface area contributed by atoms with E-state index in [4.69, 9.17) is 0 Å². The lowest BCUT2D eigenvalue weighted by Gasteiger charge is -2.09. The number of hydrogen-bond acceptors (Lipinski definition) is 1. The average Bonchev–Trinajstić information content (AvgIpc) is 2.96. The number of aryl methyl sites for hydroxylation is 1. The van der Waals surface area contributed by atoms with Crippen LogP contribution >= 0.6 is 15.9 Å². The number of aromatic nitrogens is 2. The summed E-state index contributed by atoms with van der Waals surface area (Å²) < 4.78 is 15.3. The molecule has 0 saturated carbocycles. The van der Waals surface area contributed by atoms with E-state index < -0.39 is 0 Å². The van der Waals surface area contributed by atoms with E-state index in [9.17, 15) is 4.39 Å². The number of hydrogen-bond donors (Lipinski definition) is 0. The number of rotatable bonds is 3. The molecule has 1 unspecified atom stereocenters. The van der Waals surface area contributed by atoms with Crippen molar-refractivity contribution < 1.29 is 4.39 Å². The summed E-state index contributed by atoms with van der Waals surface area (Å²) in [7, 11) is 0. The fraction of sp³-hybridized carbons (Fsp3) is 0.118. The van der Waals surface area contributed by atoms with Gasteiger partial charge in [-0.15, -0.1) is 0 Å². The van der Waals surface area contributed by atoms with Crippen molar-refractivity contribution in [2.24, 2.45) is 0 Å². The van der Waals surface area contributed by atoms with Gasteiger partial charge in [0.2, 0.25) is 0 Å². The molecule has 3 aromatic rings. The largest absolute Gasteiger partial charge is 0.241 e. The molecule has 0 fully saturated rings. The van der Waals surface area contributed by atoms with Gasteiger partial charge < -0.3 is 0 Å². The van der Waals surface area contributed by atoms with Gasteiger partial charge in [0, 0.05) is 11.8 Å². The Hall–Kier alpha value is -1.94. The van der Waals surface area contributed by atoms with Gasteiger partial charge in [-0.25, -0.2) is 9.07 Å². The maximum Gasteiger partial charge on any atom is 0.123 e. The van der Waals surface area contributed by atoms with E-state index in [-0.39, 0.29) is 10.6 Å². The van der Waals surface area contributed by atoms with Crippen molar-refractivity contribution in [3.05, 3.63) is 83.4 Å². The van der Waals surface area contributed by atoms with E-state index in [1.54, 1.807) is 12.3 Å². The standard InChI is InChI=1S/C17H14BrFN2/c1-12-7-13(9-15(19)8-12)17(18)14-10-20-21(11-14)16-5-3-2-4-6-16/h2-11,17H,1H3. The third kappa shape index (κ3) is 3.05. The normalized spacial score (nSPS) is 12.3. The third-order valence-electron chi connectivity index (χ3n) is 3.27. The van der Waals surface area contributed by atoms with Gasteiger partial charge in [0.25, 0.3) is 0 Å². The van der Waals surface area contributed by atoms with Crippen molar-refractivity contribution in [2.75, 3.05) is 0 Å². The second-order valence-corrected chi connectivity index (χ2v) is 5.89. The van der Waals surface area contributed by atoms with Crippen LogP contribution in [-0.4, -0.2) is 9.78 Å². The van der Waals surface area contributed by atoms with Gasteiger partial charge >= 0.3 is 0 Å². The molecule has 3 rings (SSSR count). The lowest BCUT2D eigenvalue weighted by atomic mass is 10.1. The number of halogens is 2. The number of alkyl halides is 1. The van der Waals surface area contributed by atoms with Gasteiger partial charge in [0.1, 0.15) is 5.82 Å². The van der Waals surface area contributed by atoms with Crippen molar-refractivity contribution >= 4 is 15.9 Å². The zero-order valence-electron chi connectivity index (χ0n) is 11.5. The maximum absolute atomic E-state index is 13.5. The molecule has 21 heavy (non-hydrogen) atoms. The van der Waals surface area contributed by atoms with Crippen LogP contribution < -0.4 is 0 Å². The second kappa shape index (κ2) is 5.82. The monoisotopic (exact) mass is 344 g/mol. The van der Waals surface area contributed by atoms with Gasteiger partial charge in [-0.3, -0.25) is 0 Å². The molecule has 106 valence electrons. The summed E-state index contributed by atoms with van der Waals surface area (Å²) in [6.07, 6.45) is 3.75. The highest BCUT2D eigenvalue weighted by Crippen LogP contribution is 2.31. The lowest BCUT2D eigenvalue weighted by molar-refractivity contribution is 0.624. The Labute approximate surface area is 131 Å². The van der Waals surface area contributed by atoms with Crippen LogP contribution in [0.2, 0.25) is 0 Å². The van der Waals surface area contributed by atoms with Crippen LogP contribution in [0.1, 0.15) is 21.5 Å². The second-order valence-electron chi connectivity index (χ2n) is 4.98. The first kappa shape index (κ1) is 14.0.